The molecule has 9 nitrogen and oxygen atoms in total. The van der Waals surface area contributed by atoms with Gasteiger partial charge < -0.3 is 14.4 Å². The Morgan fingerprint density at radius 2 is 1.86 bits per heavy atom. The number of hydrogen-bond donors (Lipinski definition) is 2. The van der Waals surface area contributed by atoms with Crippen LogP contribution in [0.2, 0.25) is 0 Å². The SMILES string of the molecule is CN(C)c1ncnc2cc(C(=O)NNC(=O)C3COc4ccccc4O3)ccc12. The number of anilines is 1. The van der Waals surface area contributed by atoms with E-state index in [-0.39, 0.29) is 6.61 Å². The third kappa shape index (κ3) is 3.75. The molecule has 0 radical (unpaired) electrons. The third-order valence-corrected chi connectivity index (χ3v) is 4.40. The summed E-state index contributed by atoms with van der Waals surface area (Å²) in [6.07, 6.45) is 0.580. The number of benzene rings is 2. The molecule has 1 aliphatic heterocycles. The second-order valence-electron chi connectivity index (χ2n) is 6.63. The second kappa shape index (κ2) is 7.63. The van der Waals surface area contributed by atoms with Crippen molar-refractivity contribution < 1.29 is 19.1 Å². The number of hydrazine groups is 1. The van der Waals surface area contributed by atoms with Crippen LogP contribution in [0.25, 0.3) is 10.9 Å². The second-order valence-corrected chi connectivity index (χ2v) is 6.63. The zero-order valence-corrected chi connectivity index (χ0v) is 15.9. The topological polar surface area (TPSA) is 106 Å². The Morgan fingerprint density at radius 1 is 1.07 bits per heavy atom. The van der Waals surface area contributed by atoms with Gasteiger partial charge >= 0.3 is 0 Å². The van der Waals surface area contributed by atoms with Gasteiger partial charge in [0.15, 0.2) is 11.5 Å². The molecular weight excluding hydrogens is 374 g/mol. The van der Waals surface area contributed by atoms with Gasteiger partial charge in [0.25, 0.3) is 11.8 Å². The summed E-state index contributed by atoms with van der Waals surface area (Å²) in [5.74, 6) is 0.838. The molecule has 0 saturated heterocycles. The van der Waals surface area contributed by atoms with Crippen LogP contribution in [0.3, 0.4) is 0 Å². The molecule has 1 unspecified atom stereocenters. The first kappa shape index (κ1) is 18.5. The van der Waals surface area contributed by atoms with Crippen molar-refractivity contribution in [2.24, 2.45) is 0 Å². The van der Waals surface area contributed by atoms with E-state index in [1.165, 1.54) is 6.33 Å². The Hall–Kier alpha value is -3.88. The molecular formula is C20H19N5O4. The van der Waals surface area contributed by atoms with Gasteiger partial charge in [0, 0.05) is 25.0 Å². The first-order valence-corrected chi connectivity index (χ1v) is 8.93. The fourth-order valence-corrected chi connectivity index (χ4v) is 2.96. The molecule has 1 aromatic heterocycles. The predicted octanol–water partition coefficient (Wildman–Crippen LogP) is 1.30. The van der Waals surface area contributed by atoms with E-state index >= 15 is 0 Å². The monoisotopic (exact) mass is 393 g/mol. The molecule has 2 N–H and O–H groups in total. The number of fused-ring (bicyclic) bond motifs is 2. The van der Waals surface area contributed by atoms with E-state index in [1.807, 2.05) is 25.1 Å². The fraction of sp³-hybridized carbons (Fsp3) is 0.200. The zero-order valence-electron chi connectivity index (χ0n) is 15.9. The largest absolute Gasteiger partial charge is 0.485 e. The molecule has 4 rings (SSSR count). The van der Waals surface area contributed by atoms with Crippen molar-refractivity contribution in [1.29, 1.82) is 0 Å². The van der Waals surface area contributed by atoms with Crippen LogP contribution in [-0.2, 0) is 4.79 Å². The van der Waals surface area contributed by atoms with Crippen LogP contribution in [0.5, 0.6) is 11.5 Å². The lowest BCUT2D eigenvalue weighted by Crippen LogP contribution is -2.50. The van der Waals surface area contributed by atoms with E-state index in [1.54, 1.807) is 36.4 Å². The van der Waals surface area contributed by atoms with Crippen molar-refractivity contribution in [3.63, 3.8) is 0 Å². The Bertz CT molecular complexity index is 1090. The maximum absolute atomic E-state index is 12.4. The van der Waals surface area contributed by atoms with E-state index in [4.69, 9.17) is 9.47 Å². The number of rotatable bonds is 3. The number of amides is 2. The third-order valence-electron chi connectivity index (χ3n) is 4.40. The number of para-hydroxylation sites is 2. The summed E-state index contributed by atoms with van der Waals surface area (Å²) in [5.41, 5.74) is 5.75. The molecule has 2 heterocycles. The van der Waals surface area contributed by atoms with Gasteiger partial charge in [-0.05, 0) is 30.3 Å². The summed E-state index contributed by atoms with van der Waals surface area (Å²) < 4.78 is 11.1. The molecule has 9 heteroatoms. The number of aromatic nitrogens is 2. The van der Waals surface area contributed by atoms with Gasteiger partial charge in [-0.25, -0.2) is 9.97 Å². The first-order valence-electron chi connectivity index (χ1n) is 8.93. The summed E-state index contributed by atoms with van der Waals surface area (Å²) >= 11 is 0. The molecule has 2 amide bonds. The highest BCUT2D eigenvalue weighted by molar-refractivity contribution is 6.00. The highest BCUT2D eigenvalue weighted by Crippen LogP contribution is 2.30. The van der Waals surface area contributed by atoms with Crippen LogP contribution >= 0.6 is 0 Å². The molecule has 0 saturated carbocycles. The lowest BCUT2D eigenvalue weighted by molar-refractivity contribution is -0.131. The average molecular weight is 393 g/mol. The van der Waals surface area contributed by atoms with Crippen LogP contribution in [0.4, 0.5) is 5.82 Å². The van der Waals surface area contributed by atoms with Crippen molar-refractivity contribution in [2.45, 2.75) is 6.10 Å². The summed E-state index contributed by atoms with van der Waals surface area (Å²) in [4.78, 5) is 35.1. The molecule has 0 fully saturated rings. The van der Waals surface area contributed by atoms with Crippen molar-refractivity contribution in [3.05, 3.63) is 54.4 Å². The lowest BCUT2D eigenvalue weighted by atomic mass is 10.1. The lowest BCUT2D eigenvalue weighted by Gasteiger charge is -2.25. The predicted molar refractivity (Wildman–Crippen MR) is 106 cm³/mol. The summed E-state index contributed by atoms with van der Waals surface area (Å²) in [5, 5.41) is 0.824. The molecule has 1 atom stereocenters. The Morgan fingerprint density at radius 3 is 2.66 bits per heavy atom. The molecule has 148 valence electrons. The average Bonchev–Trinajstić information content (AvgIpc) is 2.75. The number of nitrogens with zero attached hydrogens (tertiary/aromatic N) is 3. The van der Waals surface area contributed by atoms with Crippen LogP contribution < -0.4 is 25.2 Å². The molecule has 2 aromatic carbocycles. The van der Waals surface area contributed by atoms with Gasteiger partial charge in [-0.2, -0.15) is 0 Å². The number of ether oxygens (including phenoxy) is 2. The van der Waals surface area contributed by atoms with E-state index in [2.05, 4.69) is 20.8 Å². The van der Waals surface area contributed by atoms with Crippen molar-refractivity contribution in [2.75, 3.05) is 25.6 Å². The van der Waals surface area contributed by atoms with Gasteiger partial charge in [0.1, 0.15) is 18.8 Å². The van der Waals surface area contributed by atoms with E-state index in [9.17, 15) is 9.59 Å². The Kier molecular flexibility index (Phi) is 4.86. The molecule has 1 aliphatic rings. The smallest absolute Gasteiger partial charge is 0.283 e. The number of hydrogen-bond acceptors (Lipinski definition) is 7. The maximum Gasteiger partial charge on any atom is 0.283 e. The van der Waals surface area contributed by atoms with Crippen molar-refractivity contribution in [1.82, 2.24) is 20.8 Å². The van der Waals surface area contributed by atoms with Crippen LogP contribution in [-0.4, -0.2) is 48.6 Å². The zero-order chi connectivity index (χ0) is 20.4. The minimum Gasteiger partial charge on any atom is -0.485 e. The van der Waals surface area contributed by atoms with E-state index in [0.29, 0.717) is 22.6 Å². The maximum atomic E-state index is 12.4. The molecule has 0 aliphatic carbocycles. The Balaban J connectivity index is 1.41. The van der Waals surface area contributed by atoms with Crippen molar-refractivity contribution in [3.8, 4) is 11.5 Å². The highest BCUT2D eigenvalue weighted by atomic mass is 16.6. The van der Waals surface area contributed by atoms with Crippen molar-refractivity contribution >= 4 is 28.5 Å². The van der Waals surface area contributed by atoms with Crippen LogP contribution in [0.15, 0.2) is 48.8 Å². The Labute approximate surface area is 166 Å². The minimum absolute atomic E-state index is 0.0545. The van der Waals surface area contributed by atoms with Crippen LogP contribution in [0.1, 0.15) is 10.4 Å². The highest BCUT2D eigenvalue weighted by Gasteiger charge is 2.27. The minimum atomic E-state index is -0.864. The standard InChI is InChI=1S/C20H19N5O4/c1-25(2)18-13-8-7-12(9-14(13)21-11-22-18)19(26)23-24-20(27)17-10-28-15-5-3-4-6-16(15)29-17/h3-9,11,17H,10H2,1-2H3,(H,23,26)(H,24,27). The van der Waals surface area contributed by atoms with Gasteiger partial charge in [-0.3, -0.25) is 20.4 Å². The van der Waals surface area contributed by atoms with Gasteiger partial charge in [0.05, 0.1) is 5.52 Å². The molecule has 0 bridgehead atoms. The molecule has 29 heavy (non-hydrogen) atoms. The van der Waals surface area contributed by atoms with Crippen LogP contribution in [0, 0.1) is 0 Å². The molecule has 3 aromatic rings. The fourth-order valence-electron chi connectivity index (χ4n) is 2.96. The number of nitrogens with one attached hydrogen (secondary N) is 2. The van der Waals surface area contributed by atoms with Gasteiger partial charge in [-0.1, -0.05) is 12.1 Å². The number of carbonyl (C=O) groups is 2. The summed E-state index contributed by atoms with van der Waals surface area (Å²) in [7, 11) is 3.76. The quantitative estimate of drug-likeness (QED) is 0.646. The summed E-state index contributed by atoms with van der Waals surface area (Å²) in [6.45, 7) is 0.0545. The first-order chi connectivity index (χ1) is 14.0. The van der Waals surface area contributed by atoms with E-state index < -0.39 is 17.9 Å². The molecule has 0 spiro atoms. The summed E-state index contributed by atoms with van der Waals surface area (Å²) in [6, 6.07) is 12.1. The van der Waals surface area contributed by atoms with Gasteiger partial charge in [0.2, 0.25) is 6.10 Å². The van der Waals surface area contributed by atoms with E-state index in [0.717, 1.165) is 11.2 Å². The normalized spacial score (nSPS) is 14.9. The number of carbonyl (C=O) groups excluding carboxylic acids is 2. The van der Waals surface area contributed by atoms with Gasteiger partial charge in [-0.15, -0.1) is 0 Å².